The van der Waals surface area contributed by atoms with E-state index in [-0.39, 0.29) is 11.3 Å². The van der Waals surface area contributed by atoms with E-state index in [1.54, 1.807) is 0 Å². The Balaban J connectivity index is 3.34. The summed E-state index contributed by atoms with van der Waals surface area (Å²) < 4.78 is 0. The van der Waals surface area contributed by atoms with Crippen molar-refractivity contribution in [1.82, 2.24) is 5.32 Å². The van der Waals surface area contributed by atoms with Gasteiger partial charge in [0.1, 0.15) is 5.38 Å². The third kappa shape index (κ3) is 7.19. The van der Waals surface area contributed by atoms with E-state index in [1.165, 1.54) is 19.3 Å². The number of alkyl halides is 1. The SMILES string of the molecule is CCCCCCNC(=O)C(Cl)CCC. The Kier molecular flexibility index (Phi) is 9.16. The van der Waals surface area contributed by atoms with E-state index in [4.69, 9.17) is 11.6 Å². The zero-order valence-electron chi connectivity index (χ0n) is 9.31. The molecule has 84 valence electrons. The standard InChI is InChI=1S/C11H22ClNO/c1-3-5-6-7-9-13-11(14)10(12)8-4-2/h10H,3-9H2,1-2H3,(H,13,14). The van der Waals surface area contributed by atoms with Gasteiger partial charge in [0.2, 0.25) is 5.91 Å². The molecule has 0 saturated carbocycles. The topological polar surface area (TPSA) is 29.1 Å². The average molecular weight is 220 g/mol. The summed E-state index contributed by atoms with van der Waals surface area (Å²) in [4.78, 5) is 11.3. The van der Waals surface area contributed by atoms with Gasteiger partial charge in [0.25, 0.3) is 0 Å². The lowest BCUT2D eigenvalue weighted by Crippen LogP contribution is -2.31. The molecule has 1 N–H and O–H groups in total. The fourth-order valence-corrected chi connectivity index (χ4v) is 1.55. The summed E-state index contributed by atoms with van der Waals surface area (Å²) in [5, 5.41) is 2.51. The molecule has 3 heteroatoms. The molecule has 0 aliphatic rings. The number of rotatable bonds is 8. The molecule has 1 unspecified atom stereocenters. The number of carbonyl (C=O) groups excluding carboxylic acids is 1. The predicted molar refractivity (Wildman–Crippen MR) is 61.7 cm³/mol. The molecule has 0 heterocycles. The molecule has 0 aliphatic heterocycles. The second-order valence-electron chi connectivity index (χ2n) is 3.61. The molecule has 0 aliphatic carbocycles. The summed E-state index contributed by atoms with van der Waals surface area (Å²) in [6.07, 6.45) is 6.45. The first-order valence-corrected chi connectivity index (χ1v) is 6.07. The van der Waals surface area contributed by atoms with Crippen LogP contribution >= 0.6 is 11.6 Å². The molecule has 0 saturated heterocycles. The minimum absolute atomic E-state index is 0.00925. The molecule has 0 bridgehead atoms. The van der Waals surface area contributed by atoms with Gasteiger partial charge in [-0.15, -0.1) is 11.6 Å². The smallest absolute Gasteiger partial charge is 0.238 e. The molecule has 1 atom stereocenters. The van der Waals surface area contributed by atoms with Crippen LogP contribution in [0, 0.1) is 0 Å². The first-order valence-electron chi connectivity index (χ1n) is 5.64. The molecule has 0 rings (SSSR count). The van der Waals surface area contributed by atoms with Crippen LogP contribution in [-0.4, -0.2) is 17.8 Å². The molecule has 0 fully saturated rings. The van der Waals surface area contributed by atoms with Gasteiger partial charge < -0.3 is 5.32 Å². The number of nitrogens with one attached hydrogen (secondary N) is 1. The molecule has 0 spiro atoms. The molecule has 0 aromatic rings. The Labute approximate surface area is 92.4 Å². The zero-order valence-corrected chi connectivity index (χ0v) is 10.1. The summed E-state index contributed by atoms with van der Waals surface area (Å²) in [5.41, 5.74) is 0. The maximum atomic E-state index is 11.3. The number of amides is 1. The first-order chi connectivity index (χ1) is 6.72. The summed E-state index contributed by atoms with van der Waals surface area (Å²) in [5.74, 6) is -0.00925. The highest BCUT2D eigenvalue weighted by Gasteiger charge is 2.12. The van der Waals surface area contributed by atoms with Crippen LogP contribution in [0.3, 0.4) is 0 Å². The summed E-state index contributed by atoms with van der Waals surface area (Å²) in [7, 11) is 0. The van der Waals surface area contributed by atoms with Crippen LogP contribution < -0.4 is 5.32 Å². The van der Waals surface area contributed by atoms with Crippen LogP contribution in [0.5, 0.6) is 0 Å². The van der Waals surface area contributed by atoms with Gasteiger partial charge in [0, 0.05) is 6.54 Å². The van der Waals surface area contributed by atoms with Gasteiger partial charge in [-0.1, -0.05) is 39.5 Å². The predicted octanol–water partition coefficient (Wildman–Crippen LogP) is 3.09. The molecule has 0 aromatic carbocycles. The second-order valence-corrected chi connectivity index (χ2v) is 4.13. The molecule has 0 aromatic heterocycles. The Morgan fingerprint density at radius 1 is 1.21 bits per heavy atom. The Morgan fingerprint density at radius 3 is 2.50 bits per heavy atom. The van der Waals surface area contributed by atoms with E-state index in [2.05, 4.69) is 12.2 Å². The Morgan fingerprint density at radius 2 is 1.93 bits per heavy atom. The van der Waals surface area contributed by atoms with E-state index in [0.29, 0.717) is 0 Å². The monoisotopic (exact) mass is 219 g/mol. The van der Waals surface area contributed by atoms with Crippen molar-refractivity contribution >= 4 is 17.5 Å². The second kappa shape index (κ2) is 9.32. The lowest BCUT2D eigenvalue weighted by molar-refractivity contribution is -0.120. The lowest BCUT2D eigenvalue weighted by Gasteiger charge is -2.08. The van der Waals surface area contributed by atoms with E-state index in [0.717, 1.165) is 25.8 Å². The molecule has 2 nitrogen and oxygen atoms in total. The third-order valence-electron chi connectivity index (χ3n) is 2.16. The normalized spacial score (nSPS) is 12.5. The molecular weight excluding hydrogens is 198 g/mol. The van der Waals surface area contributed by atoms with Crippen molar-refractivity contribution < 1.29 is 4.79 Å². The highest BCUT2D eigenvalue weighted by atomic mass is 35.5. The van der Waals surface area contributed by atoms with Crippen molar-refractivity contribution in [2.24, 2.45) is 0 Å². The fraction of sp³-hybridized carbons (Fsp3) is 0.909. The van der Waals surface area contributed by atoms with Crippen molar-refractivity contribution in [1.29, 1.82) is 0 Å². The lowest BCUT2D eigenvalue weighted by atomic mass is 10.2. The van der Waals surface area contributed by atoms with Crippen LogP contribution in [0.4, 0.5) is 0 Å². The van der Waals surface area contributed by atoms with Crippen molar-refractivity contribution in [3.63, 3.8) is 0 Å². The number of hydrogen-bond acceptors (Lipinski definition) is 1. The summed E-state index contributed by atoms with van der Waals surface area (Å²) in [6.45, 7) is 4.98. The van der Waals surface area contributed by atoms with Crippen LogP contribution in [0.25, 0.3) is 0 Å². The van der Waals surface area contributed by atoms with Crippen molar-refractivity contribution in [2.75, 3.05) is 6.54 Å². The van der Waals surface area contributed by atoms with Crippen LogP contribution in [0.15, 0.2) is 0 Å². The van der Waals surface area contributed by atoms with Gasteiger partial charge >= 0.3 is 0 Å². The van der Waals surface area contributed by atoms with Crippen molar-refractivity contribution in [3.8, 4) is 0 Å². The van der Waals surface area contributed by atoms with Gasteiger partial charge in [0.15, 0.2) is 0 Å². The van der Waals surface area contributed by atoms with Gasteiger partial charge in [-0.2, -0.15) is 0 Å². The number of halogens is 1. The Hall–Kier alpha value is -0.240. The highest BCUT2D eigenvalue weighted by Crippen LogP contribution is 2.05. The minimum Gasteiger partial charge on any atom is -0.355 e. The maximum absolute atomic E-state index is 11.3. The largest absolute Gasteiger partial charge is 0.355 e. The van der Waals surface area contributed by atoms with Crippen LogP contribution in [-0.2, 0) is 4.79 Å². The fourth-order valence-electron chi connectivity index (χ4n) is 1.26. The summed E-state index contributed by atoms with van der Waals surface area (Å²) in [6, 6.07) is 0. The highest BCUT2D eigenvalue weighted by molar-refractivity contribution is 6.30. The maximum Gasteiger partial charge on any atom is 0.238 e. The molecule has 1 amide bonds. The molecule has 14 heavy (non-hydrogen) atoms. The van der Waals surface area contributed by atoms with Gasteiger partial charge in [-0.3, -0.25) is 4.79 Å². The van der Waals surface area contributed by atoms with E-state index in [9.17, 15) is 4.79 Å². The quantitative estimate of drug-likeness (QED) is 0.493. The number of hydrogen-bond donors (Lipinski definition) is 1. The van der Waals surface area contributed by atoms with Crippen LogP contribution in [0.1, 0.15) is 52.4 Å². The Bertz CT molecular complexity index is 150. The van der Waals surface area contributed by atoms with Gasteiger partial charge in [-0.25, -0.2) is 0 Å². The van der Waals surface area contributed by atoms with Crippen molar-refractivity contribution in [3.05, 3.63) is 0 Å². The summed E-state index contributed by atoms with van der Waals surface area (Å²) >= 11 is 5.86. The van der Waals surface area contributed by atoms with Gasteiger partial charge in [0.05, 0.1) is 0 Å². The van der Waals surface area contributed by atoms with E-state index in [1.807, 2.05) is 6.92 Å². The minimum atomic E-state index is -0.342. The third-order valence-corrected chi connectivity index (χ3v) is 2.57. The zero-order chi connectivity index (χ0) is 10.8. The average Bonchev–Trinajstić information content (AvgIpc) is 2.17. The molecule has 0 radical (unpaired) electrons. The van der Waals surface area contributed by atoms with Crippen molar-refractivity contribution in [2.45, 2.75) is 57.7 Å². The number of unbranched alkanes of at least 4 members (excludes halogenated alkanes) is 3. The first kappa shape index (κ1) is 13.8. The number of carbonyl (C=O) groups is 1. The molecular formula is C11H22ClNO. The van der Waals surface area contributed by atoms with E-state index >= 15 is 0 Å². The van der Waals surface area contributed by atoms with Crippen LogP contribution in [0.2, 0.25) is 0 Å². The van der Waals surface area contributed by atoms with E-state index < -0.39 is 0 Å². The van der Waals surface area contributed by atoms with Gasteiger partial charge in [-0.05, 0) is 12.8 Å².